The molecule has 1 aromatic heterocycles. The van der Waals surface area contributed by atoms with Gasteiger partial charge in [-0.05, 0) is 29.8 Å². The highest BCUT2D eigenvalue weighted by molar-refractivity contribution is 7.99. The molecule has 1 aliphatic heterocycles. The van der Waals surface area contributed by atoms with E-state index in [2.05, 4.69) is 11.1 Å². The van der Waals surface area contributed by atoms with Gasteiger partial charge < -0.3 is 14.4 Å². The third kappa shape index (κ3) is 3.52. The fourth-order valence-corrected chi connectivity index (χ4v) is 4.82. The zero-order chi connectivity index (χ0) is 19.5. The minimum Gasteiger partial charge on any atom is -0.497 e. The van der Waals surface area contributed by atoms with Crippen LogP contribution in [0.1, 0.15) is 22.9 Å². The Morgan fingerprint density at radius 3 is 2.82 bits per heavy atom. The fraction of sp³-hybridized carbons (Fsp3) is 0.273. The van der Waals surface area contributed by atoms with Crippen molar-refractivity contribution in [3.63, 3.8) is 0 Å². The van der Waals surface area contributed by atoms with Gasteiger partial charge in [-0.25, -0.2) is 0 Å². The minimum atomic E-state index is -0.0547. The lowest BCUT2D eigenvalue weighted by molar-refractivity contribution is -0.132. The molecule has 0 N–H and O–H groups in total. The maximum Gasteiger partial charge on any atom is 0.224 e. The van der Waals surface area contributed by atoms with E-state index < -0.39 is 0 Å². The first-order valence-electron chi connectivity index (χ1n) is 9.17. The smallest absolute Gasteiger partial charge is 0.224 e. The van der Waals surface area contributed by atoms with Crippen LogP contribution in [0.2, 0.25) is 0 Å². The van der Waals surface area contributed by atoms with Gasteiger partial charge in [0.1, 0.15) is 16.9 Å². The number of thioether (sulfide) groups is 1. The van der Waals surface area contributed by atoms with Crippen molar-refractivity contribution in [3.05, 3.63) is 65.9 Å². The standard InChI is InChI=1S/C22H22N2O3S/c1-26-16-8-7-15(20(13-16)27-2)14-24-21(25)10-12-28-22(24)18-9-11-23-19-6-4-3-5-17(18)19/h3-9,11,13,22H,10,12,14H2,1-2H3. The van der Waals surface area contributed by atoms with Crippen molar-refractivity contribution in [2.75, 3.05) is 20.0 Å². The molecule has 1 fully saturated rings. The molecule has 1 atom stereocenters. The summed E-state index contributed by atoms with van der Waals surface area (Å²) in [6.07, 6.45) is 2.37. The number of carbonyl (C=O) groups excluding carboxylic acids is 1. The maximum atomic E-state index is 12.9. The van der Waals surface area contributed by atoms with Crippen LogP contribution in [0.5, 0.6) is 11.5 Å². The van der Waals surface area contributed by atoms with Crippen LogP contribution >= 0.6 is 11.8 Å². The number of rotatable bonds is 5. The largest absolute Gasteiger partial charge is 0.497 e. The van der Waals surface area contributed by atoms with Crippen LogP contribution in [0.3, 0.4) is 0 Å². The molecule has 3 aromatic rings. The second kappa shape index (κ2) is 8.10. The molecule has 2 aromatic carbocycles. The Balaban J connectivity index is 1.72. The second-order valence-corrected chi connectivity index (χ2v) is 7.78. The van der Waals surface area contributed by atoms with Gasteiger partial charge in [-0.2, -0.15) is 0 Å². The Bertz CT molecular complexity index is 1000. The molecular weight excluding hydrogens is 372 g/mol. The highest BCUT2D eigenvalue weighted by Crippen LogP contribution is 2.41. The SMILES string of the molecule is COc1ccc(CN2C(=O)CCSC2c2ccnc3ccccc23)c(OC)c1. The molecule has 144 valence electrons. The summed E-state index contributed by atoms with van der Waals surface area (Å²) >= 11 is 1.80. The number of carbonyl (C=O) groups is 1. The van der Waals surface area contributed by atoms with Crippen LogP contribution in [-0.4, -0.2) is 35.8 Å². The summed E-state index contributed by atoms with van der Waals surface area (Å²) in [5, 5.41) is 1.03. The number of hydrogen-bond acceptors (Lipinski definition) is 5. The molecule has 1 unspecified atom stereocenters. The van der Waals surface area contributed by atoms with Crippen molar-refractivity contribution < 1.29 is 14.3 Å². The summed E-state index contributed by atoms with van der Waals surface area (Å²) in [5.41, 5.74) is 3.03. The Labute approximate surface area is 168 Å². The predicted molar refractivity (Wildman–Crippen MR) is 112 cm³/mol. The molecule has 0 bridgehead atoms. The second-order valence-electron chi connectivity index (χ2n) is 6.59. The molecule has 5 nitrogen and oxygen atoms in total. The molecule has 4 rings (SSSR count). The molecule has 1 aliphatic rings. The summed E-state index contributed by atoms with van der Waals surface area (Å²) < 4.78 is 10.8. The molecule has 6 heteroatoms. The Morgan fingerprint density at radius 2 is 2.00 bits per heavy atom. The van der Waals surface area contributed by atoms with Gasteiger partial charge in [-0.1, -0.05) is 18.2 Å². The zero-order valence-corrected chi connectivity index (χ0v) is 16.7. The average Bonchev–Trinajstić information content (AvgIpc) is 2.75. The minimum absolute atomic E-state index is 0.0547. The van der Waals surface area contributed by atoms with Crippen LogP contribution < -0.4 is 9.47 Å². The van der Waals surface area contributed by atoms with Gasteiger partial charge >= 0.3 is 0 Å². The van der Waals surface area contributed by atoms with Crippen molar-refractivity contribution in [1.29, 1.82) is 0 Å². The van der Waals surface area contributed by atoms with Gasteiger partial charge in [-0.15, -0.1) is 11.8 Å². The van der Waals surface area contributed by atoms with E-state index in [1.54, 1.807) is 26.0 Å². The fourth-order valence-electron chi connectivity index (χ4n) is 3.55. The quantitative estimate of drug-likeness (QED) is 0.641. The highest BCUT2D eigenvalue weighted by Gasteiger charge is 2.31. The Kier molecular flexibility index (Phi) is 5.39. The van der Waals surface area contributed by atoms with Crippen LogP contribution in [0, 0.1) is 0 Å². The highest BCUT2D eigenvalue weighted by atomic mass is 32.2. The van der Waals surface area contributed by atoms with Gasteiger partial charge in [0, 0.05) is 35.4 Å². The number of benzene rings is 2. The average molecular weight is 394 g/mol. The van der Waals surface area contributed by atoms with E-state index in [-0.39, 0.29) is 11.3 Å². The number of nitrogens with zero attached hydrogens (tertiary/aromatic N) is 2. The first-order chi connectivity index (χ1) is 13.7. The van der Waals surface area contributed by atoms with Crippen LogP contribution in [-0.2, 0) is 11.3 Å². The topological polar surface area (TPSA) is 51.7 Å². The number of fused-ring (bicyclic) bond motifs is 1. The monoisotopic (exact) mass is 394 g/mol. The van der Waals surface area contributed by atoms with Gasteiger partial charge in [0.05, 0.1) is 26.3 Å². The van der Waals surface area contributed by atoms with E-state index in [0.717, 1.165) is 39.3 Å². The number of ether oxygens (including phenoxy) is 2. The summed E-state index contributed by atoms with van der Waals surface area (Å²) in [4.78, 5) is 19.3. The van der Waals surface area contributed by atoms with Crippen molar-refractivity contribution in [1.82, 2.24) is 9.88 Å². The molecule has 28 heavy (non-hydrogen) atoms. The van der Waals surface area contributed by atoms with E-state index >= 15 is 0 Å². The summed E-state index contributed by atoms with van der Waals surface area (Å²) in [6.45, 7) is 0.486. The normalized spacial score (nSPS) is 17.0. The summed E-state index contributed by atoms with van der Waals surface area (Å²) in [5.74, 6) is 2.43. The molecule has 0 spiro atoms. The van der Waals surface area contributed by atoms with Crippen molar-refractivity contribution in [2.24, 2.45) is 0 Å². The predicted octanol–water partition coefficient (Wildman–Crippen LogP) is 4.42. The Hall–Kier alpha value is -2.73. The number of hydrogen-bond donors (Lipinski definition) is 0. The third-order valence-corrected chi connectivity index (χ3v) is 6.24. The number of aromatic nitrogens is 1. The molecule has 0 saturated carbocycles. The van der Waals surface area contributed by atoms with E-state index in [9.17, 15) is 4.79 Å². The number of para-hydroxylation sites is 1. The maximum absolute atomic E-state index is 12.9. The van der Waals surface area contributed by atoms with Crippen LogP contribution in [0.15, 0.2) is 54.7 Å². The van der Waals surface area contributed by atoms with Gasteiger partial charge in [0.2, 0.25) is 5.91 Å². The molecule has 0 radical (unpaired) electrons. The number of pyridine rings is 1. The van der Waals surface area contributed by atoms with Gasteiger partial charge in [-0.3, -0.25) is 9.78 Å². The molecule has 1 saturated heterocycles. The molecule has 1 amide bonds. The lowest BCUT2D eigenvalue weighted by Crippen LogP contribution is -2.37. The van der Waals surface area contributed by atoms with Crippen molar-refractivity contribution in [3.8, 4) is 11.5 Å². The summed E-state index contributed by atoms with van der Waals surface area (Å²) in [6, 6.07) is 15.8. The van der Waals surface area contributed by atoms with E-state index in [1.807, 2.05) is 53.6 Å². The van der Waals surface area contributed by atoms with Crippen LogP contribution in [0.4, 0.5) is 0 Å². The van der Waals surface area contributed by atoms with Crippen molar-refractivity contribution >= 4 is 28.6 Å². The summed E-state index contributed by atoms with van der Waals surface area (Å²) in [7, 11) is 3.27. The number of methoxy groups -OCH3 is 2. The lowest BCUT2D eigenvalue weighted by atomic mass is 10.1. The van der Waals surface area contributed by atoms with E-state index in [4.69, 9.17) is 9.47 Å². The molecule has 2 heterocycles. The van der Waals surface area contributed by atoms with Gasteiger partial charge in [0.15, 0.2) is 0 Å². The Morgan fingerprint density at radius 1 is 1.14 bits per heavy atom. The van der Waals surface area contributed by atoms with E-state index in [1.165, 1.54) is 0 Å². The van der Waals surface area contributed by atoms with Crippen molar-refractivity contribution in [2.45, 2.75) is 18.3 Å². The molecular formula is C22H22N2O3S. The third-order valence-electron chi connectivity index (χ3n) is 4.98. The number of amides is 1. The molecule has 0 aliphatic carbocycles. The zero-order valence-electron chi connectivity index (χ0n) is 15.9. The lowest BCUT2D eigenvalue weighted by Gasteiger charge is -2.36. The van der Waals surface area contributed by atoms with Crippen LogP contribution in [0.25, 0.3) is 10.9 Å². The van der Waals surface area contributed by atoms with E-state index in [0.29, 0.717) is 13.0 Å². The van der Waals surface area contributed by atoms with Gasteiger partial charge in [0.25, 0.3) is 0 Å². The first-order valence-corrected chi connectivity index (χ1v) is 10.2. The first kappa shape index (κ1) is 18.6.